The van der Waals surface area contributed by atoms with Crippen LogP contribution in [0.5, 0.6) is 0 Å². The van der Waals surface area contributed by atoms with E-state index in [0.717, 1.165) is 11.1 Å². The predicted octanol–water partition coefficient (Wildman–Crippen LogP) is 4.02. The second-order valence-corrected chi connectivity index (χ2v) is 4.67. The van der Waals surface area contributed by atoms with Crippen molar-refractivity contribution in [1.82, 2.24) is 0 Å². The molecule has 0 aromatic heterocycles. The minimum Gasteiger partial charge on any atom is -0.478 e. The van der Waals surface area contributed by atoms with Crippen molar-refractivity contribution in [2.45, 2.75) is 13.0 Å². The molecule has 0 aliphatic rings. The van der Waals surface area contributed by atoms with Crippen LogP contribution in [-0.4, -0.2) is 22.3 Å². The van der Waals surface area contributed by atoms with Gasteiger partial charge in [-0.3, -0.25) is 0 Å². The number of aliphatic hydroxyl groups excluding tert-OH is 1. The van der Waals surface area contributed by atoms with Crippen molar-refractivity contribution in [2.24, 2.45) is 0 Å². The van der Waals surface area contributed by atoms with Crippen molar-refractivity contribution in [1.29, 1.82) is 0 Å². The lowest BCUT2D eigenvalue weighted by molar-refractivity contribution is 0.0697. The predicted molar refractivity (Wildman–Crippen MR) is 89.7 cm³/mol. The quantitative estimate of drug-likeness (QED) is 0.838. The first-order valence-corrected chi connectivity index (χ1v) is 6.89. The Hall–Kier alpha value is -2.65. The van der Waals surface area contributed by atoms with Crippen molar-refractivity contribution in [3.05, 3.63) is 90.0 Å². The first-order chi connectivity index (χ1) is 10.5. The van der Waals surface area contributed by atoms with Crippen molar-refractivity contribution in [3.8, 4) is 0 Å². The third kappa shape index (κ3) is 6.68. The van der Waals surface area contributed by atoms with Gasteiger partial charge < -0.3 is 10.2 Å². The van der Waals surface area contributed by atoms with Crippen LogP contribution in [0.3, 0.4) is 0 Å². The maximum atomic E-state index is 10.2. The summed E-state index contributed by atoms with van der Waals surface area (Å²) in [5, 5.41) is 17.5. The lowest BCUT2D eigenvalue weighted by Crippen LogP contribution is -1.99. The van der Waals surface area contributed by atoms with Gasteiger partial charge in [-0.25, -0.2) is 4.79 Å². The van der Waals surface area contributed by atoms with E-state index in [0.29, 0.717) is 5.56 Å². The largest absolute Gasteiger partial charge is 0.478 e. The van der Waals surface area contributed by atoms with E-state index in [1.807, 2.05) is 42.5 Å². The summed E-state index contributed by atoms with van der Waals surface area (Å²) >= 11 is 0. The normalized spacial score (nSPS) is 11.4. The van der Waals surface area contributed by atoms with E-state index in [9.17, 15) is 4.79 Å². The van der Waals surface area contributed by atoms with Gasteiger partial charge in [-0.05, 0) is 30.2 Å². The van der Waals surface area contributed by atoms with Gasteiger partial charge in [-0.2, -0.15) is 0 Å². The van der Waals surface area contributed by atoms with E-state index in [2.05, 4.69) is 6.58 Å². The zero-order valence-electron chi connectivity index (χ0n) is 12.5. The van der Waals surface area contributed by atoms with E-state index < -0.39 is 12.1 Å². The lowest BCUT2D eigenvalue weighted by atomic mass is 10.1. The van der Waals surface area contributed by atoms with Gasteiger partial charge in [0.25, 0.3) is 0 Å². The average Bonchev–Trinajstić information content (AvgIpc) is 2.55. The van der Waals surface area contributed by atoms with Crippen LogP contribution in [0.15, 0.2) is 78.9 Å². The summed E-state index contributed by atoms with van der Waals surface area (Å²) in [4.78, 5) is 10.2. The van der Waals surface area contributed by atoms with Gasteiger partial charge in [0.1, 0.15) is 0 Å². The molecule has 1 atom stereocenters. The number of carboxylic acid groups (broad SMARTS) is 1. The molecule has 3 nitrogen and oxygen atoms in total. The fourth-order valence-electron chi connectivity index (χ4n) is 1.49. The molecule has 0 fully saturated rings. The highest BCUT2D eigenvalue weighted by Crippen LogP contribution is 2.06. The lowest BCUT2D eigenvalue weighted by Gasteiger charge is -2.01. The van der Waals surface area contributed by atoms with E-state index in [1.165, 1.54) is 0 Å². The van der Waals surface area contributed by atoms with Gasteiger partial charge in [0.2, 0.25) is 0 Å². The van der Waals surface area contributed by atoms with Crippen LogP contribution in [0.4, 0.5) is 0 Å². The SMILES string of the molecule is C=C(C=Cc1ccccc1)C(C)O.O=C(O)c1ccccc1. The van der Waals surface area contributed by atoms with Crippen LogP contribution in [0.1, 0.15) is 22.8 Å². The molecular weight excluding hydrogens is 276 g/mol. The molecular formula is C19H20O3. The number of aromatic carboxylic acids is 1. The van der Waals surface area contributed by atoms with Crippen LogP contribution in [0.2, 0.25) is 0 Å². The minimum atomic E-state index is -0.879. The molecule has 22 heavy (non-hydrogen) atoms. The summed E-state index contributed by atoms with van der Waals surface area (Å²) in [5.41, 5.74) is 2.17. The molecule has 1 unspecified atom stereocenters. The maximum absolute atomic E-state index is 10.2. The Kier molecular flexibility index (Phi) is 7.37. The Bertz CT molecular complexity index is 614. The second kappa shape index (κ2) is 9.32. The number of carbonyl (C=O) groups is 1. The third-order valence-corrected chi connectivity index (χ3v) is 2.85. The summed E-state index contributed by atoms with van der Waals surface area (Å²) in [6.07, 6.45) is 3.30. The van der Waals surface area contributed by atoms with Crippen LogP contribution in [0.25, 0.3) is 6.08 Å². The molecule has 0 aliphatic heterocycles. The average molecular weight is 296 g/mol. The molecule has 0 aliphatic carbocycles. The fraction of sp³-hybridized carbons (Fsp3) is 0.105. The zero-order valence-corrected chi connectivity index (χ0v) is 12.5. The molecule has 3 heteroatoms. The number of hydrogen-bond donors (Lipinski definition) is 2. The molecule has 0 bridgehead atoms. The minimum absolute atomic E-state index is 0.331. The van der Waals surface area contributed by atoms with Gasteiger partial charge in [0.15, 0.2) is 0 Å². The fourth-order valence-corrected chi connectivity index (χ4v) is 1.49. The standard InChI is InChI=1S/C12H14O.C7H6O2/c1-10(11(2)13)8-9-12-6-4-3-5-7-12;8-7(9)6-4-2-1-3-5-6/h3-9,11,13H,1H2,2H3;1-5H,(H,8,9). The highest BCUT2D eigenvalue weighted by atomic mass is 16.4. The Labute approximate surface area is 130 Å². The van der Waals surface area contributed by atoms with Crippen molar-refractivity contribution in [3.63, 3.8) is 0 Å². The first-order valence-electron chi connectivity index (χ1n) is 6.89. The van der Waals surface area contributed by atoms with E-state index in [4.69, 9.17) is 10.2 Å². The third-order valence-electron chi connectivity index (χ3n) is 2.85. The molecule has 0 saturated heterocycles. The molecule has 2 rings (SSSR count). The molecule has 0 heterocycles. The summed E-state index contributed by atoms with van der Waals surface area (Å²) in [6, 6.07) is 18.2. The molecule has 0 radical (unpaired) electrons. The number of carboxylic acids is 1. The molecule has 2 aromatic rings. The molecule has 0 spiro atoms. The van der Waals surface area contributed by atoms with Crippen LogP contribution < -0.4 is 0 Å². The van der Waals surface area contributed by atoms with E-state index >= 15 is 0 Å². The van der Waals surface area contributed by atoms with Crippen molar-refractivity contribution < 1.29 is 15.0 Å². The Morgan fingerprint density at radius 1 is 1.05 bits per heavy atom. The Morgan fingerprint density at radius 3 is 1.95 bits per heavy atom. The highest BCUT2D eigenvalue weighted by molar-refractivity contribution is 5.87. The van der Waals surface area contributed by atoms with Crippen LogP contribution >= 0.6 is 0 Å². The van der Waals surface area contributed by atoms with Crippen LogP contribution in [-0.2, 0) is 0 Å². The number of aliphatic hydroxyl groups is 1. The number of rotatable bonds is 4. The summed E-state index contributed by atoms with van der Waals surface area (Å²) in [5.74, 6) is -0.879. The second-order valence-electron chi connectivity index (χ2n) is 4.67. The summed E-state index contributed by atoms with van der Waals surface area (Å²) in [7, 11) is 0. The Morgan fingerprint density at radius 2 is 1.55 bits per heavy atom. The number of benzene rings is 2. The first kappa shape index (κ1) is 17.4. The monoisotopic (exact) mass is 296 g/mol. The molecule has 0 saturated carbocycles. The smallest absolute Gasteiger partial charge is 0.335 e. The summed E-state index contributed by atoms with van der Waals surface area (Å²) < 4.78 is 0. The molecule has 2 N–H and O–H groups in total. The van der Waals surface area contributed by atoms with Crippen molar-refractivity contribution in [2.75, 3.05) is 0 Å². The van der Waals surface area contributed by atoms with Gasteiger partial charge in [-0.15, -0.1) is 0 Å². The van der Waals surface area contributed by atoms with Crippen LogP contribution in [0, 0.1) is 0 Å². The topological polar surface area (TPSA) is 57.5 Å². The number of hydrogen-bond acceptors (Lipinski definition) is 2. The highest BCUT2D eigenvalue weighted by Gasteiger charge is 1.96. The maximum Gasteiger partial charge on any atom is 0.335 e. The van der Waals surface area contributed by atoms with E-state index in [1.54, 1.807) is 37.3 Å². The van der Waals surface area contributed by atoms with Gasteiger partial charge in [-0.1, -0.05) is 67.3 Å². The van der Waals surface area contributed by atoms with Gasteiger partial charge in [0.05, 0.1) is 11.7 Å². The molecule has 2 aromatic carbocycles. The summed E-state index contributed by atoms with van der Waals surface area (Å²) in [6.45, 7) is 5.44. The van der Waals surface area contributed by atoms with Gasteiger partial charge in [0, 0.05) is 0 Å². The molecule has 0 amide bonds. The van der Waals surface area contributed by atoms with Crippen molar-refractivity contribution >= 4 is 12.0 Å². The molecule has 114 valence electrons. The van der Waals surface area contributed by atoms with E-state index in [-0.39, 0.29) is 0 Å². The Balaban J connectivity index is 0.000000235. The van der Waals surface area contributed by atoms with Gasteiger partial charge >= 0.3 is 5.97 Å². The zero-order chi connectivity index (χ0) is 16.4.